The molecule has 0 aliphatic carbocycles. The molecule has 2 unspecified atom stereocenters. The molecular formula is C11H16FNO2. The van der Waals surface area contributed by atoms with E-state index in [2.05, 4.69) is 0 Å². The van der Waals surface area contributed by atoms with E-state index >= 15 is 0 Å². The van der Waals surface area contributed by atoms with Crippen molar-refractivity contribution in [2.75, 3.05) is 7.11 Å². The molecule has 1 aromatic carbocycles. The van der Waals surface area contributed by atoms with E-state index in [1.54, 1.807) is 19.1 Å². The molecule has 0 heterocycles. The highest BCUT2D eigenvalue weighted by atomic mass is 19.1. The summed E-state index contributed by atoms with van der Waals surface area (Å²) >= 11 is 0. The van der Waals surface area contributed by atoms with Gasteiger partial charge in [-0.2, -0.15) is 0 Å². The number of aliphatic hydroxyl groups is 1. The number of methoxy groups -OCH3 is 1. The lowest BCUT2D eigenvalue weighted by molar-refractivity contribution is 0.151. The maximum absolute atomic E-state index is 13.1. The van der Waals surface area contributed by atoms with Gasteiger partial charge in [-0.1, -0.05) is 6.07 Å². The van der Waals surface area contributed by atoms with Gasteiger partial charge in [-0.15, -0.1) is 0 Å². The summed E-state index contributed by atoms with van der Waals surface area (Å²) in [6.45, 7) is 1.73. The average molecular weight is 213 g/mol. The van der Waals surface area contributed by atoms with E-state index < -0.39 is 11.9 Å². The van der Waals surface area contributed by atoms with Crippen LogP contribution in [0.5, 0.6) is 5.75 Å². The molecule has 0 aliphatic rings. The fourth-order valence-corrected chi connectivity index (χ4v) is 1.26. The largest absolute Gasteiger partial charge is 0.494 e. The standard InChI is InChI=1S/C11H16FNO2/c1-7(13)10(14)5-8-3-4-9(12)11(6-8)15-2/h3-4,6-7,10,14H,5,13H2,1-2H3. The number of aliphatic hydroxyl groups excluding tert-OH is 1. The summed E-state index contributed by atoms with van der Waals surface area (Å²) in [5, 5.41) is 9.55. The minimum Gasteiger partial charge on any atom is -0.494 e. The molecule has 0 amide bonds. The van der Waals surface area contributed by atoms with Gasteiger partial charge in [-0.05, 0) is 31.0 Å². The molecule has 15 heavy (non-hydrogen) atoms. The van der Waals surface area contributed by atoms with E-state index in [4.69, 9.17) is 10.5 Å². The molecule has 0 fully saturated rings. The van der Waals surface area contributed by atoms with Gasteiger partial charge in [0, 0.05) is 6.04 Å². The van der Waals surface area contributed by atoms with Crippen LogP contribution in [0, 0.1) is 5.82 Å². The van der Waals surface area contributed by atoms with E-state index in [0.717, 1.165) is 5.56 Å². The summed E-state index contributed by atoms with van der Waals surface area (Å²) in [4.78, 5) is 0. The second-order valence-corrected chi connectivity index (χ2v) is 3.60. The van der Waals surface area contributed by atoms with Crippen molar-refractivity contribution < 1.29 is 14.2 Å². The quantitative estimate of drug-likeness (QED) is 0.787. The molecule has 2 atom stereocenters. The maximum atomic E-state index is 13.1. The molecule has 1 aromatic rings. The molecule has 0 spiro atoms. The summed E-state index contributed by atoms with van der Waals surface area (Å²) < 4.78 is 17.9. The number of nitrogens with two attached hydrogens (primary N) is 1. The van der Waals surface area contributed by atoms with Crippen LogP contribution in [0.1, 0.15) is 12.5 Å². The lowest BCUT2D eigenvalue weighted by atomic mass is 10.0. The molecule has 0 aromatic heterocycles. The van der Waals surface area contributed by atoms with Gasteiger partial charge in [0.2, 0.25) is 0 Å². The fraction of sp³-hybridized carbons (Fsp3) is 0.455. The third-order valence-electron chi connectivity index (χ3n) is 2.27. The van der Waals surface area contributed by atoms with Crippen LogP contribution in [-0.2, 0) is 6.42 Å². The Labute approximate surface area is 88.7 Å². The van der Waals surface area contributed by atoms with Crippen molar-refractivity contribution in [3.63, 3.8) is 0 Å². The van der Waals surface area contributed by atoms with Crippen molar-refractivity contribution in [3.05, 3.63) is 29.6 Å². The number of hydrogen-bond acceptors (Lipinski definition) is 3. The fourth-order valence-electron chi connectivity index (χ4n) is 1.26. The Morgan fingerprint density at radius 1 is 1.53 bits per heavy atom. The van der Waals surface area contributed by atoms with Crippen molar-refractivity contribution >= 4 is 0 Å². The number of hydrogen-bond donors (Lipinski definition) is 2. The molecule has 0 bridgehead atoms. The van der Waals surface area contributed by atoms with Gasteiger partial charge in [-0.25, -0.2) is 4.39 Å². The Hall–Kier alpha value is -1.13. The molecule has 0 aliphatic heterocycles. The van der Waals surface area contributed by atoms with Crippen molar-refractivity contribution in [2.45, 2.75) is 25.5 Å². The van der Waals surface area contributed by atoms with Crippen LogP contribution < -0.4 is 10.5 Å². The summed E-state index contributed by atoms with van der Waals surface area (Å²) in [7, 11) is 1.41. The highest BCUT2D eigenvalue weighted by Crippen LogP contribution is 2.19. The maximum Gasteiger partial charge on any atom is 0.165 e. The smallest absolute Gasteiger partial charge is 0.165 e. The van der Waals surface area contributed by atoms with Gasteiger partial charge < -0.3 is 15.6 Å². The van der Waals surface area contributed by atoms with Crippen LogP contribution in [0.3, 0.4) is 0 Å². The van der Waals surface area contributed by atoms with Crippen molar-refractivity contribution in [1.82, 2.24) is 0 Å². The third kappa shape index (κ3) is 3.18. The van der Waals surface area contributed by atoms with Crippen LogP contribution >= 0.6 is 0 Å². The van der Waals surface area contributed by atoms with E-state index in [1.807, 2.05) is 0 Å². The van der Waals surface area contributed by atoms with Gasteiger partial charge in [0.25, 0.3) is 0 Å². The number of ether oxygens (including phenoxy) is 1. The lowest BCUT2D eigenvalue weighted by Crippen LogP contribution is -2.33. The van der Waals surface area contributed by atoms with Crippen LogP contribution in [0.25, 0.3) is 0 Å². The van der Waals surface area contributed by atoms with Crippen molar-refractivity contribution in [3.8, 4) is 5.75 Å². The molecule has 3 nitrogen and oxygen atoms in total. The van der Waals surface area contributed by atoms with Gasteiger partial charge in [-0.3, -0.25) is 0 Å². The van der Waals surface area contributed by atoms with Crippen molar-refractivity contribution in [1.29, 1.82) is 0 Å². The normalized spacial score (nSPS) is 14.7. The Bertz CT molecular complexity index is 328. The minimum absolute atomic E-state index is 0.185. The summed E-state index contributed by atoms with van der Waals surface area (Å²) in [5.41, 5.74) is 6.33. The molecule has 0 saturated heterocycles. The topological polar surface area (TPSA) is 55.5 Å². The zero-order chi connectivity index (χ0) is 11.4. The molecule has 4 heteroatoms. The predicted molar refractivity (Wildman–Crippen MR) is 56.3 cm³/mol. The zero-order valence-electron chi connectivity index (χ0n) is 8.90. The summed E-state index contributed by atoms with van der Waals surface area (Å²) in [6, 6.07) is 4.20. The molecule has 1 rings (SSSR count). The molecule has 0 radical (unpaired) electrons. The predicted octanol–water partition coefficient (Wildman–Crippen LogP) is 1.08. The number of benzene rings is 1. The van der Waals surface area contributed by atoms with E-state index in [9.17, 15) is 9.50 Å². The SMILES string of the molecule is COc1cc(CC(O)C(C)N)ccc1F. The Balaban J connectivity index is 2.78. The first-order chi connectivity index (χ1) is 7.04. The van der Waals surface area contributed by atoms with E-state index in [0.29, 0.717) is 6.42 Å². The van der Waals surface area contributed by atoms with Crippen LogP contribution in [0.2, 0.25) is 0 Å². The minimum atomic E-state index is -0.625. The Kier molecular flexibility index (Phi) is 4.05. The second kappa shape index (κ2) is 5.09. The average Bonchev–Trinajstić information content (AvgIpc) is 2.20. The first-order valence-electron chi connectivity index (χ1n) is 4.80. The summed E-state index contributed by atoms with van der Waals surface area (Å²) in [5.74, 6) is -0.221. The molecular weight excluding hydrogens is 197 g/mol. The molecule has 84 valence electrons. The van der Waals surface area contributed by atoms with Crippen LogP contribution in [-0.4, -0.2) is 24.4 Å². The Morgan fingerprint density at radius 2 is 2.20 bits per heavy atom. The highest BCUT2D eigenvalue weighted by molar-refractivity contribution is 5.30. The van der Waals surface area contributed by atoms with Crippen LogP contribution in [0.4, 0.5) is 4.39 Å². The van der Waals surface area contributed by atoms with Gasteiger partial charge in [0.15, 0.2) is 11.6 Å². The number of halogens is 1. The van der Waals surface area contributed by atoms with Crippen molar-refractivity contribution in [2.24, 2.45) is 5.73 Å². The molecule has 3 N–H and O–H groups in total. The third-order valence-corrected chi connectivity index (χ3v) is 2.27. The van der Waals surface area contributed by atoms with E-state index in [-0.39, 0.29) is 11.8 Å². The second-order valence-electron chi connectivity index (χ2n) is 3.60. The zero-order valence-corrected chi connectivity index (χ0v) is 8.90. The van der Waals surface area contributed by atoms with E-state index in [1.165, 1.54) is 13.2 Å². The van der Waals surface area contributed by atoms with Gasteiger partial charge >= 0.3 is 0 Å². The summed E-state index contributed by atoms with van der Waals surface area (Å²) in [6.07, 6.45) is -0.228. The monoisotopic (exact) mass is 213 g/mol. The lowest BCUT2D eigenvalue weighted by Gasteiger charge is -2.14. The highest BCUT2D eigenvalue weighted by Gasteiger charge is 2.12. The van der Waals surface area contributed by atoms with Crippen LogP contribution in [0.15, 0.2) is 18.2 Å². The van der Waals surface area contributed by atoms with Gasteiger partial charge in [0.05, 0.1) is 13.2 Å². The Morgan fingerprint density at radius 3 is 2.73 bits per heavy atom. The first-order valence-corrected chi connectivity index (χ1v) is 4.80. The van der Waals surface area contributed by atoms with Gasteiger partial charge in [0.1, 0.15) is 0 Å². The number of rotatable bonds is 4. The first kappa shape index (κ1) is 11.9. The molecule has 0 saturated carbocycles.